The van der Waals surface area contributed by atoms with Gasteiger partial charge in [-0.25, -0.2) is 4.79 Å². The second-order valence-corrected chi connectivity index (χ2v) is 8.33. The summed E-state index contributed by atoms with van der Waals surface area (Å²) >= 11 is 0. The van der Waals surface area contributed by atoms with Gasteiger partial charge in [0.05, 0.1) is 12.2 Å². The Bertz CT molecular complexity index is 1080. The zero-order valence-corrected chi connectivity index (χ0v) is 19.4. The minimum Gasteiger partial charge on any atom is -0.492 e. The van der Waals surface area contributed by atoms with Crippen molar-refractivity contribution < 1.29 is 14.3 Å². The number of ether oxygens (including phenoxy) is 2. The highest BCUT2D eigenvalue weighted by molar-refractivity contribution is 5.88. The standard InChI is InChI=1S/C25H31N5O3/c1-4-23(33-19-5-6-22(16(2)11-19)29-25(28)31)20-12-18(14-26)24(13-21(20)27)32-15-17-7-9-30(3)10-8-17/h4-6,11-13,17H,7-10,15,27H2,1-3H3,(H3,28,29,31)/b23-4+. The number of hydrogen-bond acceptors (Lipinski definition) is 6. The molecule has 8 heteroatoms. The number of anilines is 2. The van der Waals surface area contributed by atoms with Crippen molar-refractivity contribution in [3.8, 4) is 17.6 Å². The lowest BCUT2D eigenvalue weighted by Crippen LogP contribution is -2.32. The zero-order valence-electron chi connectivity index (χ0n) is 19.4. The van der Waals surface area contributed by atoms with Crippen LogP contribution in [0, 0.1) is 24.2 Å². The van der Waals surface area contributed by atoms with E-state index >= 15 is 0 Å². The number of aryl methyl sites for hydroxylation is 1. The molecule has 1 fully saturated rings. The number of nitrogen functional groups attached to an aromatic ring is 1. The van der Waals surface area contributed by atoms with Crippen LogP contribution in [0.3, 0.4) is 0 Å². The van der Waals surface area contributed by atoms with Crippen LogP contribution in [0.4, 0.5) is 16.2 Å². The number of allylic oxidation sites excluding steroid dienone is 1. The largest absolute Gasteiger partial charge is 0.492 e. The Labute approximate surface area is 194 Å². The minimum atomic E-state index is -0.629. The van der Waals surface area contributed by atoms with E-state index in [2.05, 4.69) is 23.3 Å². The number of nitrogens with one attached hydrogen (secondary N) is 1. The lowest BCUT2D eigenvalue weighted by molar-refractivity contribution is 0.160. The predicted octanol–water partition coefficient (Wildman–Crippen LogP) is 4.10. The molecule has 0 spiro atoms. The number of urea groups is 1. The smallest absolute Gasteiger partial charge is 0.316 e. The van der Waals surface area contributed by atoms with Crippen LogP contribution in [-0.2, 0) is 0 Å². The maximum atomic E-state index is 11.1. The fraction of sp³-hybridized carbons (Fsp3) is 0.360. The van der Waals surface area contributed by atoms with Gasteiger partial charge in [-0.1, -0.05) is 0 Å². The van der Waals surface area contributed by atoms with E-state index in [0.717, 1.165) is 31.5 Å². The highest BCUT2D eigenvalue weighted by atomic mass is 16.5. The van der Waals surface area contributed by atoms with Gasteiger partial charge in [-0.3, -0.25) is 0 Å². The van der Waals surface area contributed by atoms with Crippen LogP contribution in [0.5, 0.6) is 11.5 Å². The van der Waals surface area contributed by atoms with Gasteiger partial charge in [0.15, 0.2) is 0 Å². The van der Waals surface area contributed by atoms with Crippen LogP contribution in [0.15, 0.2) is 36.4 Å². The first-order valence-electron chi connectivity index (χ1n) is 11.0. The van der Waals surface area contributed by atoms with Crippen molar-refractivity contribution in [2.24, 2.45) is 11.7 Å². The molecule has 0 bridgehead atoms. The Morgan fingerprint density at radius 2 is 2.03 bits per heavy atom. The molecule has 2 amide bonds. The molecule has 0 radical (unpaired) electrons. The second-order valence-electron chi connectivity index (χ2n) is 8.33. The lowest BCUT2D eigenvalue weighted by Gasteiger charge is -2.28. The molecule has 0 aromatic heterocycles. The SMILES string of the molecule is C/C=C(/Oc1ccc(NC(N)=O)c(C)c1)c1cc(C#N)c(OCC2CCN(C)CC2)cc1N. The molecular formula is C25H31N5O3. The lowest BCUT2D eigenvalue weighted by atomic mass is 9.98. The van der Waals surface area contributed by atoms with Crippen LogP contribution in [0.25, 0.3) is 5.76 Å². The highest BCUT2D eigenvalue weighted by Crippen LogP contribution is 2.33. The number of nitrogens with zero attached hydrogens (tertiary/aromatic N) is 2. The van der Waals surface area contributed by atoms with Crippen molar-refractivity contribution in [1.82, 2.24) is 4.90 Å². The van der Waals surface area contributed by atoms with Crippen LogP contribution >= 0.6 is 0 Å². The summed E-state index contributed by atoms with van der Waals surface area (Å²) in [5.74, 6) is 2.04. The summed E-state index contributed by atoms with van der Waals surface area (Å²) in [4.78, 5) is 13.4. The van der Waals surface area contributed by atoms with Crippen molar-refractivity contribution >= 4 is 23.2 Å². The molecule has 1 saturated heterocycles. The number of carbonyl (C=O) groups excluding carboxylic acids is 1. The quantitative estimate of drug-likeness (QED) is 0.431. The maximum Gasteiger partial charge on any atom is 0.316 e. The summed E-state index contributed by atoms with van der Waals surface area (Å²) in [5.41, 5.74) is 14.4. The number of nitriles is 1. The Kier molecular flexibility index (Phi) is 7.80. The third-order valence-electron chi connectivity index (χ3n) is 5.80. The van der Waals surface area contributed by atoms with Crippen molar-refractivity contribution in [2.75, 3.05) is 37.8 Å². The molecule has 5 N–H and O–H groups in total. The molecule has 0 unspecified atom stereocenters. The molecule has 33 heavy (non-hydrogen) atoms. The molecule has 3 rings (SSSR count). The molecule has 174 valence electrons. The Balaban J connectivity index is 1.76. The molecule has 0 saturated carbocycles. The maximum absolute atomic E-state index is 11.1. The molecule has 8 nitrogen and oxygen atoms in total. The number of benzene rings is 2. The molecular weight excluding hydrogens is 418 g/mol. The second kappa shape index (κ2) is 10.7. The van der Waals surface area contributed by atoms with Gasteiger partial charge in [0.2, 0.25) is 0 Å². The average Bonchev–Trinajstić information content (AvgIpc) is 2.79. The molecule has 1 aliphatic rings. The molecule has 2 aromatic carbocycles. The summed E-state index contributed by atoms with van der Waals surface area (Å²) in [7, 11) is 2.12. The zero-order chi connectivity index (χ0) is 24.0. The van der Waals surface area contributed by atoms with Crippen LogP contribution < -0.4 is 26.3 Å². The van der Waals surface area contributed by atoms with E-state index in [-0.39, 0.29) is 0 Å². The van der Waals surface area contributed by atoms with Crippen molar-refractivity contribution in [2.45, 2.75) is 26.7 Å². The van der Waals surface area contributed by atoms with Gasteiger partial charge < -0.3 is 31.2 Å². The topological polar surface area (TPSA) is 127 Å². The summed E-state index contributed by atoms with van der Waals surface area (Å²) < 4.78 is 12.1. The average molecular weight is 450 g/mol. The van der Waals surface area contributed by atoms with E-state index in [1.165, 1.54) is 0 Å². The van der Waals surface area contributed by atoms with Crippen molar-refractivity contribution in [1.29, 1.82) is 5.26 Å². The number of likely N-dealkylation sites (tertiary alicyclic amines) is 1. The number of primary amides is 1. The molecule has 0 atom stereocenters. The van der Waals surface area contributed by atoms with E-state index in [0.29, 0.717) is 52.3 Å². The molecule has 1 aliphatic heterocycles. The van der Waals surface area contributed by atoms with Gasteiger partial charge in [-0.15, -0.1) is 0 Å². The van der Waals surface area contributed by atoms with Crippen molar-refractivity contribution in [3.05, 3.63) is 53.1 Å². The first kappa shape index (κ1) is 24.0. The van der Waals surface area contributed by atoms with E-state index in [1.54, 1.807) is 36.4 Å². The number of amides is 2. The fourth-order valence-electron chi connectivity index (χ4n) is 3.82. The number of piperidine rings is 1. The van der Waals surface area contributed by atoms with Gasteiger partial charge >= 0.3 is 6.03 Å². The summed E-state index contributed by atoms with van der Waals surface area (Å²) in [6, 6.07) is 10.2. The van der Waals surface area contributed by atoms with Crippen molar-refractivity contribution in [3.63, 3.8) is 0 Å². The number of rotatable bonds is 7. The minimum absolute atomic E-state index is 0.410. The highest BCUT2D eigenvalue weighted by Gasteiger charge is 2.19. The fourth-order valence-corrected chi connectivity index (χ4v) is 3.82. The Morgan fingerprint density at radius 3 is 2.64 bits per heavy atom. The molecule has 1 heterocycles. The van der Waals surface area contributed by atoms with E-state index in [9.17, 15) is 10.1 Å². The third kappa shape index (κ3) is 6.18. The van der Waals surface area contributed by atoms with Gasteiger partial charge in [0.1, 0.15) is 23.3 Å². The van der Waals surface area contributed by atoms with Gasteiger partial charge in [0, 0.05) is 23.0 Å². The van der Waals surface area contributed by atoms with E-state index in [1.807, 2.05) is 13.8 Å². The predicted molar refractivity (Wildman–Crippen MR) is 130 cm³/mol. The molecule has 2 aromatic rings. The number of carbonyl (C=O) groups is 1. The van der Waals surface area contributed by atoms with E-state index < -0.39 is 6.03 Å². The Hall–Kier alpha value is -3.70. The van der Waals surface area contributed by atoms with Gasteiger partial charge in [-0.2, -0.15) is 5.26 Å². The van der Waals surface area contributed by atoms with Gasteiger partial charge in [0.25, 0.3) is 0 Å². The normalized spacial score (nSPS) is 15.0. The summed E-state index contributed by atoms with van der Waals surface area (Å²) in [6.45, 7) is 6.36. The van der Waals surface area contributed by atoms with Crippen LogP contribution in [0.2, 0.25) is 0 Å². The first-order chi connectivity index (χ1) is 15.8. The number of nitrogens with two attached hydrogens (primary N) is 2. The third-order valence-corrected chi connectivity index (χ3v) is 5.80. The monoisotopic (exact) mass is 449 g/mol. The summed E-state index contributed by atoms with van der Waals surface area (Å²) in [5, 5.41) is 12.3. The first-order valence-corrected chi connectivity index (χ1v) is 11.0. The van der Waals surface area contributed by atoms with Crippen LogP contribution in [0.1, 0.15) is 36.5 Å². The molecule has 0 aliphatic carbocycles. The Morgan fingerprint density at radius 1 is 1.30 bits per heavy atom. The van der Waals surface area contributed by atoms with E-state index in [4.69, 9.17) is 20.9 Å². The number of hydrogen-bond donors (Lipinski definition) is 3. The summed E-state index contributed by atoms with van der Waals surface area (Å²) in [6.07, 6.45) is 3.95. The van der Waals surface area contributed by atoms with Crippen LogP contribution in [-0.4, -0.2) is 37.7 Å². The van der Waals surface area contributed by atoms with Gasteiger partial charge in [-0.05, 0) is 88.6 Å².